The third kappa shape index (κ3) is 4.87. The fraction of sp³-hybridized carbons (Fsp3) is 0.241. The predicted molar refractivity (Wildman–Crippen MR) is 146 cm³/mol. The Morgan fingerprint density at radius 3 is 2.16 bits per heavy atom. The smallest absolute Gasteiger partial charge is 0.300 e. The van der Waals surface area contributed by atoms with Crippen molar-refractivity contribution < 1.29 is 24.2 Å². The Hall–Kier alpha value is -3.97. The van der Waals surface area contributed by atoms with Crippen LogP contribution in [0.1, 0.15) is 31.0 Å². The van der Waals surface area contributed by atoms with Gasteiger partial charge < -0.3 is 19.5 Å². The number of carbonyl (C=O) groups is 2. The van der Waals surface area contributed by atoms with E-state index in [1.165, 1.54) is 19.1 Å². The first-order chi connectivity index (χ1) is 17.8. The molecule has 1 N–H and O–H groups in total. The number of halogens is 1. The molecule has 0 radical (unpaired) electrons. The average Bonchev–Trinajstić information content (AvgIpc) is 3.19. The zero-order valence-electron chi connectivity index (χ0n) is 21.2. The number of nitrogens with zero attached hydrogens (tertiary/aromatic N) is 2. The number of rotatable bonds is 8. The van der Waals surface area contributed by atoms with Gasteiger partial charge in [-0.05, 0) is 67.9 Å². The second-order valence-corrected chi connectivity index (χ2v) is 8.91. The van der Waals surface area contributed by atoms with Gasteiger partial charge in [0.15, 0.2) is 0 Å². The second kappa shape index (κ2) is 11.0. The Morgan fingerprint density at radius 1 is 0.946 bits per heavy atom. The molecule has 8 heteroatoms. The molecule has 3 aromatic rings. The topological polar surface area (TPSA) is 79.3 Å². The summed E-state index contributed by atoms with van der Waals surface area (Å²) < 4.78 is 10.7. The summed E-state index contributed by atoms with van der Waals surface area (Å²) >= 11 is 6.08. The zero-order valence-corrected chi connectivity index (χ0v) is 22.0. The number of aliphatic hydroxyl groups excluding tert-OH is 1. The predicted octanol–water partition coefficient (Wildman–Crippen LogP) is 5.83. The van der Waals surface area contributed by atoms with Crippen molar-refractivity contribution in [3.05, 3.63) is 88.5 Å². The standard InChI is InChI=1S/C29H29ClN2O5/c1-5-31(6-2)20-11-7-18(8-12-20)26-25(27(33)23-16-15-22(36-3)17-24(23)37-4)28(34)29(35)32(26)21-13-9-19(30)10-14-21/h7-17,26,33H,5-6H2,1-4H3/b27-25-. The van der Waals surface area contributed by atoms with Crippen LogP contribution < -0.4 is 19.3 Å². The van der Waals surface area contributed by atoms with Crippen molar-refractivity contribution in [3.8, 4) is 11.5 Å². The van der Waals surface area contributed by atoms with Crippen LogP contribution >= 0.6 is 11.6 Å². The minimum absolute atomic E-state index is 0.0287. The molecule has 1 saturated heterocycles. The molecular weight excluding hydrogens is 492 g/mol. The summed E-state index contributed by atoms with van der Waals surface area (Å²) in [5.41, 5.74) is 2.44. The van der Waals surface area contributed by atoms with Crippen LogP contribution in [0.15, 0.2) is 72.3 Å². The van der Waals surface area contributed by atoms with Gasteiger partial charge in [-0.2, -0.15) is 0 Å². The monoisotopic (exact) mass is 520 g/mol. The van der Waals surface area contributed by atoms with Crippen molar-refractivity contribution in [1.29, 1.82) is 0 Å². The van der Waals surface area contributed by atoms with Gasteiger partial charge in [-0.1, -0.05) is 23.7 Å². The molecule has 1 unspecified atom stereocenters. The van der Waals surface area contributed by atoms with Crippen LogP contribution in [0.2, 0.25) is 5.02 Å². The van der Waals surface area contributed by atoms with Crippen LogP contribution in [0.3, 0.4) is 0 Å². The number of anilines is 2. The highest BCUT2D eigenvalue weighted by Crippen LogP contribution is 2.44. The normalized spacial score (nSPS) is 16.7. The highest BCUT2D eigenvalue weighted by atomic mass is 35.5. The summed E-state index contributed by atoms with van der Waals surface area (Å²) in [6, 6.07) is 18.3. The lowest BCUT2D eigenvalue weighted by Crippen LogP contribution is -2.29. The van der Waals surface area contributed by atoms with E-state index in [1.807, 2.05) is 24.3 Å². The van der Waals surface area contributed by atoms with E-state index in [2.05, 4.69) is 18.7 Å². The summed E-state index contributed by atoms with van der Waals surface area (Å²) in [6.45, 7) is 5.84. The number of methoxy groups -OCH3 is 2. The van der Waals surface area contributed by atoms with Crippen molar-refractivity contribution in [2.24, 2.45) is 0 Å². The molecular formula is C29H29ClN2O5. The number of hydrogen-bond donors (Lipinski definition) is 1. The Bertz CT molecular complexity index is 1330. The quantitative estimate of drug-likeness (QED) is 0.229. The van der Waals surface area contributed by atoms with Crippen molar-refractivity contribution in [1.82, 2.24) is 0 Å². The second-order valence-electron chi connectivity index (χ2n) is 8.48. The maximum absolute atomic E-state index is 13.4. The Morgan fingerprint density at radius 2 is 1.59 bits per heavy atom. The van der Waals surface area contributed by atoms with Crippen LogP contribution in [-0.2, 0) is 9.59 Å². The fourth-order valence-electron chi connectivity index (χ4n) is 4.61. The molecule has 192 valence electrons. The van der Waals surface area contributed by atoms with Crippen molar-refractivity contribution in [2.45, 2.75) is 19.9 Å². The minimum atomic E-state index is -0.862. The molecule has 4 rings (SSSR count). The van der Waals surface area contributed by atoms with Gasteiger partial charge >= 0.3 is 0 Å². The number of amides is 1. The molecule has 0 spiro atoms. The van der Waals surface area contributed by atoms with Crippen LogP contribution in [-0.4, -0.2) is 44.1 Å². The molecule has 0 saturated carbocycles. The van der Waals surface area contributed by atoms with Crippen LogP contribution in [0, 0.1) is 0 Å². The molecule has 1 aliphatic rings. The molecule has 1 atom stereocenters. The molecule has 37 heavy (non-hydrogen) atoms. The van der Waals surface area contributed by atoms with E-state index in [9.17, 15) is 14.7 Å². The fourth-order valence-corrected chi connectivity index (χ4v) is 4.74. The van der Waals surface area contributed by atoms with Gasteiger partial charge in [-0.15, -0.1) is 0 Å². The van der Waals surface area contributed by atoms with Gasteiger partial charge in [0.1, 0.15) is 17.3 Å². The first-order valence-corrected chi connectivity index (χ1v) is 12.4. The van der Waals surface area contributed by atoms with Gasteiger partial charge in [0.05, 0.1) is 31.4 Å². The van der Waals surface area contributed by atoms with Crippen molar-refractivity contribution in [2.75, 3.05) is 37.1 Å². The molecule has 0 bridgehead atoms. The Labute approximate surface area is 221 Å². The third-order valence-electron chi connectivity index (χ3n) is 6.55. The van der Waals surface area contributed by atoms with E-state index < -0.39 is 17.7 Å². The molecule has 7 nitrogen and oxygen atoms in total. The van der Waals surface area contributed by atoms with Gasteiger partial charge in [0.25, 0.3) is 11.7 Å². The summed E-state index contributed by atoms with van der Waals surface area (Å²) in [5, 5.41) is 12.0. The number of benzene rings is 3. The van der Waals surface area contributed by atoms with E-state index in [-0.39, 0.29) is 16.9 Å². The zero-order chi connectivity index (χ0) is 26.7. The van der Waals surface area contributed by atoms with E-state index in [0.29, 0.717) is 27.8 Å². The van der Waals surface area contributed by atoms with E-state index in [0.717, 1.165) is 18.8 Å². The summed E-state index contributed by atoms with van der Waals surface area (Å²) in [4.78, 5) is 30.4. The number of carbonyl (C=O) groups excluding carboxylic acids is 2. The SMILES string of the molecule is CCN(CC)c1ccc(C2/C(=C(/O)c3ccc(OC)cc3OC)C(=O)C(=O)N2c2ccc(Cl)cc2)cc1. The van der Waals surface area contributed by atoms with E-state index in [4.69, 9.17) is 21.1 Å². The maximum Gasteiger partial charge on any atom is 0.300 e. The highest BCUT2D eigenvalue weighted by Gasteiger charge is 2.47. The van der Waals surface area contributed by atoms with Gasteiger partial charge in [0.2, 0.25) is 0 Å². The highest BCUT2D eigenvalue weighted by molar-refractivity contribution is 6.51. The van der Waals surface area contributed by atoms with Crippen LogP contribution in [0.25, 0.3) is 5.76 Å². The number of hydrogen-bond acceptors (Lipinski definition) is 6. The Balaban J connectivity index is 1.92. The molecule has 1 amide bonds. The number of ketones is 1. The maximum atomic E-state index is 13.4. The molecule has 0 aliphatic carbocycles. The number of aliphatic hydroxyl groups is 1. The first kappa shape index (κ1) is 26.1. The molecule has 1 heterocycles. The lowest BCUT2D eigenvalue weighted by Gasteiger charge is -2.27. The summed E-state index contributed by atoms with van der Waals surface area (Å²) in [7, 11) is 2.98. The number of ether oxygens (including phenoxy) is 2. The average molecular weight is 521 g/mol. The first-order valence-electron chi connectivity index (χ1n) is 12.0. The lowest BCUT2D eigenvalue weighted by molar-refractivity contribution is -0.132. The summed E-state index contributed by atoms with van der Waals surface area (Å²) in [6.07, 6.45) is 0. The molecule has 0 aromatic heterocycles. The largest absolute Gasteiger partial charge is 0.507 e. The van der Waals surface area contributed by atoms with E-state index in [1.54, 1.807) is 42.5 Å². The minimum Gasteiger partial charge on any atom is -0.507 e. The lowest BCUT2D eigenvalue weighted by atomic mass is 9.94. The van der Waals surface area contributed by atoms with Crippen molar-refractivity contribution in [3.63, 3.8) is 0 Å². The third-order valence-corrected chi connectivity index (χ3v) is 6.80. The van der Waals surface area contributed by atoms with Crippen molar-refractivity contribution >= 4 is 40.4 Å². The number of Topliss-reactive ketones (excluding diaryl/α,β-unsaturated/α-hetero) is 1. The van der Waals surface area contributed by atoms with E-state index >= 15 is 0 Å². The molecule has 1 fully saturated rings. The van der Waals surface area contributed by atoms with Crippen LogP contribution in [0.5, 0.6) is 11.5 Å². The van der Waals surface area contributed by atoms with Gasteiger partial charge in [0, 0.05) is 35.6 Å². The Kier molecular flexibility index (Phi) is 7.74. The van der Waals surface area contributed by atoms with Crippen LogP contribution in [0.4, 0.5) is 11.4 Å². The van der Waals surface area contributed by atoms with Gasteiger partial charge in [-0.25, -0.2) is 0 Å². The molecule has 3 aromatic carbocycles. The van der Waals surface area contributed by atoms with Gasteiger partial charge in [-0.3, -0.25) is 14.5 Å². The molecule has 1 aliphatic heterocycles. The summed E-state index contributed by atoms with van der Waals surface area (Å²) in [5.74, 6) is -1.02.